The molecule has 0 fully saturated rings. The van der Waals surface area contributed by atoms with Gasteiger partial charge in [0.25, 0.3) is 0 Å². The molecular weight excluding hydrogens is 239 g/mol. The minimum absolute atomic E-state index is 0.0645. The zero-order valence-corrected chi connectivity index (χ0v) is 9.39. The first-order valence-corrected chi connectivity index (χ1v) is 5.28. The quantitative estimate of drug-likeness (QED) is 0.846. The van der Waals surface area contributed by atoms with Crippen LogP contribution in [-0.2, 0) is 13.1 Å². The lowest BCUT2D eigenvalue weighted by molar-refractivity contribution is 0.0696. The summed E-state index contributed by atoms with van der Waals surface area (Å²) in [5.41, 5.74) is 1.07. The highest BCUT2D eigenvalue weighted by atomic mass is 19.1. The molecule has 0 aliphatic carbocycles. The van der Waals surface area contributed by atoms with E-state index in [1.165, 1.54) is 18.4 Å². The van der Waals surface area contributed by atoms with Crippen LogP contribution >= 0.6 is 0 Å². The van der Waals surface area contributed by atoms with E-state index >= 15 is 0 Å². The molecule has 2 N–H and O–H groups in total. The SMILES string of the molecule is O=C(O)c1ccc(F)c(CNCc2ccon2)c1. The number of rotatable bonds is 5. The zero-order chi connectivity index (χ0) is 13.0. The van der Waals surface area contributed by atoms with Crippen molar-refractivity contribution in [2.24, 2.45) is 0 Å². The summed E-state index contributed by atoms with van der Waals surface area (Å²) in [7, 11) is 0. The van der Waals surface area contributed by atoms with Crippen molar-refractivity contribution in [3.8, 4) is 0 Å². The lowest BCUT2D eigenvalue weighted by Gasteiger charge is -2.05. The summed E-state index contributed by atoms with van der Waals surface area (Å²) < 4.78 is 18.1. The minimum Gasteiger partial charge on any atom is -0.478 e. The highest BCUT2D eigenvalue weighted by Crippen LogP contribution is 2.11. The number of carboxylic acids is 1. The van der Waals surface area contributed by atoms with Crippen molar-refractivity contribution in [2.75, 3.05) is 0 Å². The number of benzene rings is 1. The second kappa shape index (κ2) is 5.42. The minimum atomic E-state index is -1.08. The van der Waals surface area contributed by atoms with Crippen molar-refractivity contribution in [1.29, 1.82) is 0 Å². The molecule has 2 aromatic rings. The van der Waals surface area contributed by atoms with Gasteiger partial charge in [0.1, 0.15) is 12.1 Å². The fourth-order valence-electron chi connectivity index (χ4n) is 1.50. The molecule has 0 amide bonds. The van der Waals surface area contributed by atoms with Crippen molar-refractivity contribution in [3.63, 3.8) is 0 Å². The maximum atomic E-state index is 13.4. The number of hydrogen-bond donors (Lipinski definition) is 2. The molecule has 1 aromatic heterocycles. The van der Waals surface area contributed by atoms with Crippen molar-refractivity contribution >= 4 is 5.97 Å². The molecule has 0 atom stereocenters. The lowest BCUT2D eigenvalue weighted by Crippen LogP contribution is -2.14. The van der Waals surface area contributed by atoms with Crippen molar-refractivity contribution in [2.45, 2.75) is 13.1 Å². The van der Waals surface area contributed by atoms with Crippen LogP contribution in [0.5, 0.6) is 0 Å². The van der Waals surface area contributed by atoms with Gasteiger partial charge in [0, 0.05) is 24.7 Å². The van der Waals surface area contributed by atoms with Crippen molar-refractivity contribution in [1.82, 2.24) is 10.5 Å². The first-order chi connectivity index (χ1) is 8.66. The van der Waals surface area contributed by atoms with Crippen LogP contribution < -0.4 is 5.32 Å². The molecule has 0 saturated heterocycles. The molecule has 0 spiro atoms. The Morgan fingerprint density at radius 3 is 2.89 bits per heavy atom. The Hall–Kier alpha value is -2.21. The van der Waals surface area contributed by atoms with E-state index in [0.717, 1.165) is 6.07 Å². The second-order valence-electron chi connectivity index (χ2n) is 3.71. The monoisotopic (exact) mass is 250 g/mol. The predicted octanol–water partition coefficient (Wildman–Crippen LogP) is 1.80. The van der Waals surface area contributed by atoms with Gasteiger partial charge < -0.3 is 14.9 Å². The lowest BCUT2D eigenvalue weighted by atomic mass is 10.1. The summed E-state index contributed by atoms with van der Waals surface area (Å²) in [6.45, 7) is 0.646. The molecule has 1 heterocycles. The maximum Gasteiger partial charge on any atom is 0.335 e. The average molecular weight is 250 g/mol. The van der Waals surface area contributed by atoms with E-state index in [4.69, 9.17) is 5.11 Å². The van der Waals surface area contributed by atoms with Crippen LogP contribution in [0.1, 0.15) is 21.6 Å². The Bertz CT molecular complexity index is 540. The third kappa shape index (κ3) is 2.92. The van der Waals surface area contributed by atoms with Gasteiger partial charge in [-0.05, 0) is 18.2 Å². The van der Waals surface area contributed by atoms with E-state index in [9.17, 15) is 9.18 Å². The number of halogens is 1. The molecule has 5 nitrogen and oxygen atoms in total. The first-order valence-electron chi connectivity index (χ1n) is 5.28. The Labute approximate surface area is 102 Å². The number of hydrogen-bond acceptors (Lipinski definition) is 4. The summed E-state index contributed by atoms with van der Waals surface area (Å²) in [6.07, 6.45) is 1.45. The van der Waals surface area contributed by atoms with Gasteiger partial charge >= 0.3 is 5.97 Å². The predicted molar refractivity (Wildman–Crippen MR) is 60.4 cm³/mol. The molecule has 0 unspecified atom stereocenters. The third-order valence-electron chi connectivity index (χ3n) is 2.41. The Morgan fingerprint density at radius 1 is 1.39 bits per heavy atom. The normalized spacial score (nSPS) is 10.5. The number of aromatic nitrogens is 1. The number of carbonyl (C=O) groups is 1. The van der Waals surface area contributed by atoms with E-state index in [-0.39, 0.29) is 12.1 Å². The first kappa shape index (κ1) is 12.3. The Kier molecular flexibility index (Phi) is 3.69. The van der Waals surface area contributed by atoms with Crippen LogP contribution in [0.4, 0.5) is 4.39 Å². The van der Waals surface area contributed by atoms with Crippen LogP contribution in [0.15, 0.2) is 35.1 Å². The van der Waals surface area contributed by atoms with E-state index in [2.05, 4.69) is 15.0 Å². The summed E-state index contributed by atoms with van der Waals surface area (Å²) in [6, 6.07) is 5.39. The fraction of sp³-hybridized carbons (Fsp3) is 0.167. The number of carboxylic acid groups (broad SMARTS) is 1. The van der Waals surface area contributed by atoms with Crippen LogP contribution in [0.2, 0.25) is 0 Å². The topological polar surface area (TPSA) is 75.4 Å². The number of nitrogens with one attached hydrogen (secondary N) is 1. The molecule has 0 aliphatic heterocycles. The van der Waals surface area contributed by atoms with Gasteiger partial charge in [0.05, 0.1) is 11.3 Å². The molecule has 1 aromatic carbocycles. The summed E-state index contributed by atoms with van der Waals surface area (Å²) in [5.74, 6) is -1.51. The second-order valence-corrected chi connectivity index (χ2v) is 3.71. The highest BCUT2D eigenvalue weighted by molar-refractivity contribution is 5.87. The number of aromatic carboxylic acids is 1. The largest absolute Gasteiger partial charge is 0.478 e. The zero-order valence-electron chi connectivity index (χ0n) is 9.39. The molecule has 0 bridgehead atoms. The standard InChI is InChI=1S/C12H11FN2O3/c13-11-2-1-8(12(16)17)5-9(11)6-14-7-10-3-4-18-15-10/h1-5,14H,6-7H2,(H,16,17). The van der Waals surface area contributed by atoms with Crippen LogP contribution in [0.3, 0.4) is 0 Å². The number of nitrogens with zero attached hydrogens (tertiary/aromatic N) is 1. The van der Waals surface area contributed by atoms with E-state index < -0.39 is 11.8 Å². The van der Waals surface area contributed by atoms with E-state index in [1.807, 2.05) is 0 Å². The molecule has 94 valence electrons. The Balaban J connectivity index is 2.00. The average Bonchev–Trinajstić information content (AvgIpc) is 2.84. The molecular formula is C12H11FN2O3. The smallest absolute Gasteiger partial charge is 0.335 e. The van der Waals surface area contributed by atoms with Crippen molar-refractivity contribution < 1.29 is 18.8 Å². The van der Waals surface area contributed by atoms with Crippen LogP contribution in [0.25, 0.3) is 0 Å². The molecule has 0 radical (unpaired) electrons. The van der Waals surface area contributed by atoms with Gasteiger partial charge in [-0.25, -0.2) is 9.18 Å². The summed E-state index contributed by atoms with van der Waals surface area (Å²) >= 11 is 0. The van der Waals surface area contributed by atoms with E-state index in [0.29, 0.717) is 17.8 Å². The highest BCUT2D eigenvalue weighted by Gasteiger charge is 2.08. The van der Waals surface area contributed by atoms with Gasteiger partial charge in [-0.2, -0.15) is 0 Å². The molecule has 6 heteroatoms. The molecule has 2 rings (SSSR count). The van der Waals surface area contributed by atoms with Gasteiger partial charge in [-0.15, -0.1) is 0 Å². The van der Waals surface area contributed by atoms with E-state index in [1.54, 1.807) is 6.07 Å². The fourth-order valence-corrected chi connectivity index (χ4v) is 1.50. The third-order valence-corrected chi connectivity index (χ3v) is 2.41. The molecule has 0 aliphatic rings. The van der Waals surface area contributed by atoms with Gasteiger partial charge in [-0.1, -0.05) is 5.16 Å². The molecule has 0 saturated carbocycles. The van der Waals surface area contributed by atoms with Gasteiger partial charge in [-0.3, -0.25) is 0 Å². The van der Waals surface area contributed by atoms with Crippen molar-refractivity contribution in [3.05, 3.63) is 53.2 Å². The van der Waals surface area contributed by atoms with Crippen LogP contribution in [-0.4, -0.2) is 16.2 Å². The van der Waals surface area contributed by atoms with Gasteiger partial charge in [0.15, 0.2) is 0 Å². The van der Waals surface area contributed by atoms with Crippen LogP contribution in [0, 0.1) is 5.82 Å². The summed E-state index contributed by atoms with van der Waals surface area (Å²) in [4.78, 5) is 10.8. The van der Waals surface area contributed by atoms with Gasteiger partial charge in [0.2, 0.25) is 0 Å². The molecule has 18 heavy (non-hydrogen) atoms. The summed E-state index contributed by atoms with van der Waals surface area (Å²) in [5, 5.41) is 15.5. The maximum absolute atomic E-state index is 13.4. The Morgan fingerprint density at radius 2 is 2.22 bits per heavy atom.